The molecule has 0 bridgehead atoms. The Morgan fingerprint density at radius 2 is 0.623 bits per heavy atom. The Hall–Kier alpha value is -3.64. The van der Waals surface area contributed by atoms with E-state index < -0.39 is 53.9 Å². The molecule has 2 aromatic carbocycles. The largest absolute Gasteiger partial charge is 2.00 e. The Kier molecular flexibility index (Phi) is 37.9. The van der Waals surface area contributed by atoms with Gasteiger partial charge in [-0.3, -0.25) is 0 Å². The molecule has 0 N–H and O–H groups in total. The Balaban J connectivity index is 0.00000132. The summed E-state index contributed by atoms with van der Waals surface area (Å²) in [4.78, 5) is 49.0. The fourth-order valence-corrected chi connectivity index (χ4v) is 7.55. The van der Waals surface area contributed by atoms with Gasteiger partial charge in [0.1, 0.15) is 20.2 Å². The van der Waals surface area contributed by atoms with Gasteiger partial charge in [-0.05, 0) is 141 Å². The molecule has 0 heterocycles. The molecule has 0 unspecified atom stereocenters. The van der Waals surface area contributed by atoms with Crippen molar-refractivity contribution in [1.82, 2.24) is 0 Å². The molecule has 17 heteroatoms. The number of rotatable bonds is 34. The fraction of sp³-hybridized carbons (Fsp3) is 0.538. The Bertz CT molecular complexity index is 1990. The summed E-state index contributed by atoms with van der Waals surface area (Å²) >= 11 is 0. The van der Waals surface area contributed by atoms with E-state index in [9.17, 15) is 45.1 Å². The van der Waals surface area contributed by atoms with E-state index in [0.29, 0.717) is 25.7 Å². The summed E-state index contributed by atoms with van der Waals surface area (Å²) in [6.45, 7) is 8.56. The molecule has 380 valence electrons. The summed E-state index contributed by atoms with van der Waals surface area (Å²) in [5, 5.41) is 0. The van der Waals surface area contributed by atoms with Crippen molar-refractivity contribution in [3.8, 4) is 0 Å². The fourth-order valence-electron chi connectivity index (χ4n) is 6.56. The smallest absolute Gasteiger partial charge is 0.744 e. The second kappa shape index (κ2) is 40.0. The zero-order chi connectivity index (χ0) is 50.5. The van der Waals surface area contributed by atoms with Crippen LogP contribution in [0.15, 0.2) is 94.8 Å². The average Bonchev–Trinajstić information content (AvgIpc) is 3.31. The van der Waals surface area contributed by atoms with Gasteiger partial charge < -0.3 is 28.1 Å². The first-order valence-electron chi connectivity index (χ1n) is 23.9. The van der Waals surface area contributed by atoms with E-state index in [4.69, 9.17) is 18.9 Å². The summed E-state index contributed by atoms with van der Waals surface area (Å²) < 4.78 is 89.4. The van der Waals surface area contributed by atoms with Crippen LogP contribution in [0.1, 0.15) is 198 Å². The van der Waals surface area contributed by atoms with Crippen LogP contribution in [-0.2, 0) is 39.2 Å². The number of ether oxygens (including phenoxy) is 4. The maximum absolute atomic E-state index is 12.6. The van der Waals surface area contributed by atoms with Gasteiger partial charge >= 0.3 is 61.6 Å². The van der Waals surface area contributed by atoms with Crippen LogP contribution in [0.2, 0.25) is 0 Å². The van der Waals surface area contributed by atoms with Crippen LogP contribution in [0.5, 0.6) is 0 Å². The van der Waals surface area contributed by atoms with Gasteiger partial charge in [0.05, 0.1) is 58.5 Å². The first kappa shape index (κ1) is 65.4. The van der Waals surface area contributed by atoms with Crippen molar-refractivity contribution < 1.29 is 64.1 Å². The Labute approximate surface area is 442 Å². The molecule has 0 aliphatic carbocycles. The quantitative estimate of drug-likeness (QED) is 0.0159. The number of hydrogen-bond acceptors (Lipinski definition) is 14. The van der Waals surface area contributed by atoms with Gasteiger partial charge in [-0.25, -0.2) is 36.0 Å². The summed E-state index contributed by atoms with van der Waals surface area (Å²) in [5.74, 6) is -3.20. The molecule has 0 aliphatic rings. The van der Waals surface area contributed by atoms with Crippen molar-refractivity contribution in [2.24, 2.45) is 0 Å². The molecule has 0 aliphatic heterocycles. The second-order valence-electron chi connectivity index (χ2n) is 16.0. The number of hydrogen-bond donors (Lipinski definition) is 0. The van der Waals surface area contributed by atoms with Crippen molar-refractivity contribution in [2.75, 3.05) is 26.4 Å². The molecule has 2 rings (SSSR count). The molecule has 0 atom stereocenters. The van der Waals surface area contributed by atoms with Gasteiger partial charge in [-0.1, -0.05) is 100.0 Å². The van der Waals surface area contributed by atoms with Crippen LogP contribution in [0.4, 0.5) is 0 Å². The predicted molar refractivity (Wildman–Crippen MR) is 267 cm³/mol. The molecule has 69 heavy (non-hydrogen) atoms. The summed E-state index contributed by atoms with van der Waals surface area (Å²) in [5.41, 5.74) is -0.781. The number of carbonyl (C=O) groups is 4. The van der Waals surface area contributed by atoms with E-state index in [1.165, 1.54) is 0 Å². The summed E-state index contributed by atoms with van der Waals surface area (Å²) in [6.07, 6.45) is 35.0. The van der Waals surface area contributed by atoms with Gasteiger partial charge in [0, 0.05) is 0 Å². The van der Waals surface area contributed by atoms with Crippen molar-refractivity contribution in [2.45, 2.75) is 166 Å². The van der Waals surface area contributed by atoms with Gasteiger partial charge in [0.15, 0.2) is 0 Å². The monoisotopic (exact) mass is 1030 g/mol. The first-order chi connectivity index (χ1) is 32.6. The Morgan fingerprint density at radius 1 is 0.391 bits per heavy atom. The minimum absolute atomic E-state index is 0. The van der Waals surface area contributed by atoms with Crippen LogP contribution in [-0.4, -0.2) is 114 Å². The Morgan fingerprint density at radius 3 is 0.855 bits per heavy atom. The number of benzene rings is 2. The van der Waals surface area contributed by atoms with Crippen LogP contribution < -0.4 is 0 Å². The van der Waals surface area contributed by atoms with Crippen molar-refractivity contribution in [3.05, 3.63) is 107 Å². The molecule has 0 fully saturated rings. The van der Waals surface area contributed by atoms with E-state index in [2.05, 4.69) is 24.3 Å². The summed E-state index contributed by atoms with van der Waals surface area (Å²) in [7, 11) is -9.59. The molecule has 0 amide bonds. The topological polar surface area (TPSA) is 220 Å². The maximum atomic E-state index is 12.6. The number of unbranched alkanes of at least 4 members (excludes halogenated alkanes) is 16. The molecule has 0 saturated heterocycles. The normalized spacial score (nSPS) is 11.7. The number of esters is 4. The first-order valence-corrected chi connectivity index (χ1v) is 26.8. The predicted octanol–water partition coefficient (Wildman–Crippen LogP) is 11.5. The third-order valence-corrected chi connectivity index (χ3v) is 12.0. The van der Waals surface area contributed by atoms with E-state index >= 15 is 0 Å². The van der Waals surface area contributed by atoms with Gasteiger partial charge in [-0.2, -0.15) is 0 Å². The molecule has 2 aromatic rings. The molecular weight excluding hydrogens is 953 g/mol. The average molecular weight is 1030 g/mol. The minimum atomic E-state index is -4.80. The summed E-state index contributed by atoms with van der Waals surface area (Å²) in [6, 6.07) is 6.03. The third-order valence-electron chi connectivity index (χ3n) is 10.4. The standard InChI is InChI=1S/2C26H38O7S.Ca/c2*1-3-5-7-9-11-13-15-19-32-25(27)23-18-17-22(34(29,30)31)21-24(23)26(28)33-20-16-14-12-10-8-6-4-2;/h2*3-6,17-18,21H,7-16,19-20H2,1-2H3,(H,29,30,31);/q;;+2/p-2/b2*5-3+,6-4+;. The van der Waals surface area contributed by atoms with Gasteiger partial charge in [-0.15, -0.1) is 0 Å². The number of carbonyl (C=O) groups excluding carboxylic acids is 4. The molecule has 0 spiro atoms. The van der Waals surface area contributed by atoms with Crippen LogP contribution in [0, 0.1) is 0 Å². The third kappa shape index (κ3) is 30.7. The van der Waals surface area contributed by atoms with E-state index in [1.54, 1.807) is 0 Å². The zero-order valence-corrected chi connectivity index (χ0v) is 45.1. The van der Waals surface area contributed by atoms with Crippen molar-refractivity contribution >= 4 is 81.9 Å². The van der Waals surface area contributed by atoms with Gasteiger partial charge in [0.2, 0.25) is 0 Å². The van der Waals surface area contributed by atoms with E-state index in [1.807, 2.05) is 52.0 Å². The second-order valence-corrected chi connectivity index (χ2v) is 18.7. The molecule has 14 nitrogen and oxygen atoms in total. The van der Waals surface area contributed by atoms with E-state index in [-0.39, 0.29) is 86.4 Å². The number of allylic oxidation sites excluding steroid dienone is 8. The molecule has 0 radical (unpaired) electrons. The van der Waals surface area contributed by atoms with E-state index in [0.717, 1.165) is 139 Å². The van der Waals surface area contributed by atoms with Crippen LogP contribution in [0.25, 0.3) is 0 Å². The molecule has 0 saturated carbocycles. The van der Waals surface area contributed by atoms with Crippen LogP contribution >= 0.6 is 0 Å². The zero-order valence-electron chi connectivity index (χ0n) is 41.3. The van der Waals surface area contributed by atoms with Crippen molar-refractivity contribution in [1.29, 1.82) is 0 Å². The minimum Gasteiger partial charge on any atom is -0.744 e. The SMILES string of the molecule is C/C=C/CCCCCCOC(=O)c1ccc(S(=O)(=O)[O-])cc1C(=O)OCCCCCC/C=C/C.C/C=C/CCCCCCOC(=O)c1ccc(S(=O)(=O)[O-])cc1C(=O)OCCCCCC/C=C/C.[Ca+2]. The maximum Gasteiger partial charge on any atom is 2.00 e. The van der Waals surface area contributed by atoms with Crippen molar-refractivity contribution in [3.63, 3.8) is 0 Å². The molecular formula is C52H74CaO14S2. The molecule has 0 aromatic heterocycles. The van der Waals surface area contributed by atoms with Crippen LogP contribution in [0.3, 0.4) is 0 Å². The van der Waals surface area contributed by atoms with Gasteiger partial charge in [0.25, 0.3) is 0 Å².